The van der Waals surface area contributed by atoms with Crippen molar-refractivity contribution in [2.45, 2.75) is 85.4 Å². The molecule has 1 heteroatoms. The second-order valence-corrected chi connectivity index (χ2v) is 7.82. The van der Waals surface area contributed by atoms with Crippen molar-refractivity contribution in [3.05, 3.63) is 24.3 Å². The second-order valence-electron chi connectivity index (χ2n) is 7.82. The Hall–Kier alpha value is -0.560. The van der Waals surface area contributed by atoms with E-state index in [2.05, 4.69) is 54.2 Å². The zero-order chi connectivity index (χ0) is 16.0. The van der Waals surface area contributed by atoms with Crippen LogP contribution in [0.1, 0.15) is 73.6 Å². The van der Waals surface area contributed by atoms with E-state index in [4.69, 9.17) is 4.74 Å². The highest BCUT2D eigenvalue weighted by molar-refractivity contribution is 5.00. The molecule has 1 fully saturated rings. The first-order valence-corrected chi connectivity index (χ1v) is 8.72. The second kappa shape index (κ2) is 8.17. The Balaban J connectivity index is 2.71. The van der Waals surface area contributed by atoms with E-state index >= 15 is 0 Å². The van der Waals surface area contributed by atoms with Crippen LogP contribution in [0.5, 0.6) is 0 Å². The van der Waals surface area contributed by atoms with E-state index in [-0.39, 0.29) is 5.60 Å². The van der Waals surface area contributed by atoms with Gasteiger partial charge in [0.2, 0.25) is 0 Å². The maximum absolute atomic E-state index is 6.61. The molecule has 0 spiro atoms. The predicted octanol–water partition coefficient (Wildman–Crippen LogP) is 6.15. The van der Waals surface area contributed by atoms with Crippen molar-refractivity contribution >= 4 is 0 Å². The van der Waals surface area contributed by atoms with Crippen molar-refractivity contribution in [1.82, 2.24) is 0 Å². The monoisotopic (exact) mass is 292 g/mol. The molecule has 0 saturated heterocycles. The smallest absolute Gasteiger partial charge is 0.0838 e. The molecule has 1 rings (SSSR count). The molecule has 0 amide bonds. The highest BCUT2D eigenvalue weighted by Gasteiger charge is 2.35. The summed E-state index contributed by atoms with van der Waals surface area (Å²) >= 11 is 0. The van der Waals surface area contributed by atoms with Crippen LogP contribution in [0.4, 0.5) is 0 Å². The standard InChI is InChI=1S/C20H36O/c1-8-20(7,13-9-10-15(2)3)21-19-14-17(6)11-12-18(19)16(4)5/h8,10,16-19H,1,9,11-14H2,2-7H3/t17-,18+,19-,20?/m1/s1. The van der Waals surface area contributed by atoms with Crippen molar-refractivity contribution < 1.29 is 4.74 Å². The third kappa shape index (κ3) is 5.98. The average molecular weight is 293 g/mol. The molecule has 0 bridgehead atoms. The summed E-state index contributed by atoms with van der Waals surface area (Å²) in [6.45, 7) is 17.6. The maximum atomic E-state index is 6.61. The summed E-state index contributed by atoms with van der Waals surface area (Å²) < 4.78 is 6.61. The van der Waals surface area contributed by atoms with E-state index in [9.17, 15) is 0 Å². The van der Waals surface area contributed by atoms with E-state index < -0.39 is 0 Å². The summed E-state index contributed by atoms with van der Waals surface area (Å²) in [6, 6.07) is 0. The van der Waals surface area contributed by atoms with E-state index in [1.165, 1.54) is 24.8 Å². The lowest BCUT2D eigenvalue weighted by Gasteiger charge is -2.42. The first kappa shape index (κ1) is 18.5. The first-order valence-electron chi connectivity index (χ1n) is 8.72. The molecule has 21 heavy (non-hydrogen) atoms. The highest BCUT2D eigenvalue weighted by Crippen LogP contribution is 2.38. The molecule has 0 aliphatic heterocycles. The van der Waals surface area contributed by atoms with Crippen molar-refractivity contribution in [2.24, 2.45) is 17.8 Å². The minimum Gasteiger partial charge on any atom is -0.368 e. The minimum atomic E-state index is -0.194. The Morgan fingerprint density at radius 2 is 2.00 bits per heavy atom. The molecule has 0 aromatic heterocycles. The van der Waals surface area contributed by atoms with Gasteiger partial charge in [-0.15, -0.1) is 6.58 Å². The van der Waals surface area contributed by atoms with Gasteiger partial charge in [-0.1, -0.05) is 44.9 Å². The van der Waals surface area contributed by atoms with Crippen LogP contribution in [0.3, 0.4) is 0 Å². The number of rotatable bonds is 7. The molecule has 0 heterocycles. The van der Waals surface area contributed by atoms with Gasteiger partial charge in [-0.25, -0.2) is 0 Å². The van der Waals surface area contributed by atoms with Crippen LogP contribution in [0.2, 0.25) is 0 Å². The van der Waals surface area contributed by atoms with Crippen molar-refractivity contribution in [3.8, 4) is 0 Å². The molecule has 0 N–H and O–H groups in total. The van der Waals surface area contributed by atoms with Gasteiger partial charge in [-0.2, -0.15) is 0 Å². The van der Waals surface area contributed by atoms with Crippen molar-refractivity contribution in [3.63, 3.8) is 0 Å². The Kier molecular flexibility index (Phi) is 7.20. The normalized spacial score (nSPS) is 29.0. The van der Waals surface area contributed by atoms with Crippen LogP contribution >= 0.6 is 0 Å². The van der Waals surface area contributed by atoms with E-state index in [1.807, 2.05) is 6.08 Å². The zero-order valence-electron chi connectivity index (χ0n) is 15.1. The lowest BCUT2D eigenvalue weighted by Crippen LogP contribution is -2.41. The van der Waals surface area contributed by atoms with Gasteiger partial charge in [0.05, 0.1) is 11.7 Å². The fraction of sp³-hybridized carbons (Fsp3) is 0.800. The van der Waals surface area contributed by atoms with Gasteiger partial charge >= 0.3 is 0 Å². The molecule has 0 aromatic rings. The lowest BCUT2D eigenvalue weighted by molar-refractivity contribution is -0.111. The molecule has 0 radical (unpaired) electrons. The molecular formula is C20H36O. The van der Waals surface area contributed by atoms with Crippen LogP contribution < -0.4 is 0 Å². The third-order valence-corrected chi connectivity index (χ3v) is 5.01. The molecule has 1 aliphatic carbocycles. The van der Waals surface area contributed by atoms with Crippen LogP contribution in [0, 0.1) is 17.8 Å². The van der Waals surface area contributed by atoms with Gasteiger partial charge < -0.3 is 4.74 Å². The van der Waals surface area contributed by atoms with Crippen LogP contribution in [0.15, 0.2) is 24.3 Å². The van der Waals surface area contributed by atoms with Gasteiger partial charge in [0, 0.05) is 0 Å². The molecule has 1 saturated carbocycles. The SMILES string of the molecule is C=CC(C)(CCC=C(C)C)O[C@@H]1C[C@H](C)CC[C@H]1C(C)C. The Morgan fingerprint density at radius 1 is 1.33 bits per heavy atom. The Morgan fingerprint density at radius 3 is 2.52 bits per heavy atom. The van der Waals surface area contributed by atoms with E-state index in [1.54, 1.807) is 0 Å². The van der Waals surface area contributed by atoms with E-state index in [0.29, 0.717) is 17.9 Å². The number of hydrogen-bond acceptors (Lipinski definition) is 1. The fourth-order valence-corrected chi connectivity index (χ4v) is 3.45. The summed E-state index contributed by atoms with van der Waals surface area (Å²) in [5.41, 5.74) is 1.19. The highest BCUT2D eigenvalue weighted by atomic mass is 16.5. The number of allylic oxidation sites excluding steroid dienone is 2. The molecule has 122 valence electrons. The average Bonchev–Trinajstić information content (AvgIpc) is 2.37. The van der Waals surface area contributed by atoms with Gasteiger partial charge in [0.15, 0.2) is 0 Å². The number of ether oxygens (including phenoxy) is 1. The molecule has 1 aliphatic rings. The van der Waals surface area contributed by atoms with E-state index in [0.717, 1.165) is 18.8 Å². The summed E-state index contributed by atoms with van der Waals surface area (Å²) in [5.74, 6) is 2.19. The summed E-state index contributed by atoms with van der Waals surface area (Å²) in [6.07, 6.45) is 10.7. The molecule has 0 aromatic carbocycles. The van der Waals surface area contributed by atoms with Gasteiger partial charge in [0.1, 0.15) is 0 Å². The molecule has 4 atom stereocenters. The van der Waals surface area contributed by atoms with Crippen LogP contribution in [0.25, 0.3) is 0 Å². The third-order valence-electron chi connectivity index (χ3n) is 5.01. The lowest BCUT2D eigenvalue weighted by atomic mass is 9.75. The predicted molar refractivity (Wildman–Crippen MR) is 93.5 cm³/mol. The van der Waals surface area contributed by atoms with Crippen molar-refractivity contribution in [1.29, 1.82) is 0 Å². The number of hydrogen-bond donors (Lipinski definition) is 0. The zero-order valence-corrected chi connectivity index (χ0v) is 15.1. The maximum Gasteiger partial charge on any atom is 0.0838 e. The first-order chi connectivity index (χ1) is 9.77. The summed E-state index contributed by atoms with van der Waals surface area (Å²) in [7, 11) is 0. The van der Waals surface area contributed by atoms with Gasteiger partial charge in [-0.3, -0.25) is 0 Å². The Labute approximate surface area is 132 Å². The van der Waals surface area contributed by atoms with Gasteiger partial charge in [0.25, 0.3) is 0 Å². The quantitative estimate of drug-likeness (QED) is 0.511. The molecule has 1 nitrogen and oxygen atoms in total. The minimum absolute atomic E-state index is 0.194. The van der Waals surface area contributed by atoms with Crippen LogP contribution in [-0.2, 0) is 4.74 Å². The molecular weight excluding hydrogens is 256 g/mol. The topological polar surface area (TPSA) is 9.23 Å². The van der Waals surface area contributed by atoms with Crippen LogP contribution in [-0.4, -0.2) is 11.7 Å². The largest absolute Gasteiger partial charge is 0.368 e. The molecule has 1 unspecified atom stereocenters. The van der Waals surface area contributed by atoms with Crippen molar-refractivity contribution in [2.75, 3.05) is 0 Å². The summed E-state index contributed by atoms with van der Waals surface area (Å²) in [4.78, 5) is 0. The summed E-state index contributed by atoms with van der Waals surface area (Å²) in [5, 5.41) is 0. The van der Waals surface area contributed by atoms with Gasteiger partial charge in [-0.05, 0) is 64.2 Å². The Bertz CT molecular complexity index is 351. The fourth-order valence-electron chi connectivity index (χ4n) is 3.45.